The summed E-state index contributed by atoms with van der Waals surface area (Å²) < 4.78 is 26.0. The summed E-state index contributed by atoms with van der Waals surface area (Å²) in [6.45, 7) is 4.93. The summed E-state index contributed by atoms with van der Waals surface area (Å²) in [4.78, 5) is 23.5. The van der Waals surface area contributed by atoms with E-state index in [9.17, 15) is 9.59 Å². The molecule has 150 valence electrons. The Balaban J connectivity index is 1.99. The van der Waals surface area contributed by atoms with Crippen molar-refractivity contribution in [1.29, 1.82) is 0 Å². The van der Waals surface area contributed by atoms with Crippen LogP contribution in [0.3, 0.4) is 0 Å². The zero-order chi connectivity index (χ0) is 20.4. The number of furan rings is 1. The van der Waals surface area contributed by atoms with Gasteiger partial charge < -0.3 is 23.4 Å². The Morgan fingerprint density at radius 2 is 1.93 bits per heavy atom. The molecule has 0 bridgehead atoms. The Kier molecular flexibility index (Phi) is 8.14. The van der Waals surface area contributed by atoms with Gasteiger partial charge in [-0.05, 0) is 43.2 Å². The zero-order valence-electron chi connectivity index (χ0n) is 16.2. The van der Waals surface area contributed by atoms with Gasteiger partial charge in [0.25, 0.3) is 0 Å². The lowest BCUT2D eigenvalue weighted by molar-refractivity contribution is -0.138. The molecule has 0 aliphatic heterocycles. The highest BCUT2D eigenvalue weighted by atomic mass is 16.5. The summed E-state index contributed by atoms with van der Waals surface area (Å²) in [5.74, 6) is 0.122. The second-order valence-corrected chi connectivity index (χ2v) is 5.70. The molecule has 0 fully saturated rings. The van der Waals surface area contributed by atoms with E-state index >= 15 is 0 Å². The smallest absolute Gasteiger partial charge is 0.374 e. The van der Waals surface area contributed by atoms with Crippen molar-refractivity contribution < 1.29 is 33.0 Å². The molecular formula is C21H24O7. The monoisotopic (exact) mass is 388 g/mol. The maximum atomic E-state index is 12.0. The molecule has 0 aliphatic rings. The average Bonchev–Trinajstić information content (AvgIpc) is 3.18. The minimum absolute atomic E-state index is 0.0169. The number of ether oxygens (including phenoxy) is 4. The van der Waals surface area contributed by atoms with Gasteiger partial charge in [0.2, 0.25) is 5.76 Å². The van der Waals surface area contributed by atoms with Crippen LogP contribution in [0.5, 0.6) is 11.5 Å². The fourth-order valence-electron chi connectivity index (χ4n) is 2.31. The summed E-state index contributed by atoms with van der Waals surface area (Å²) in [7, 11) is 1.25. The molecule has 7 nitrogen and oxygen atoms in total. The molecule has 2 rings (SSSR count). The molecule has 7 heteroatoms. The maximum Gasteiger partial charge on any atom is 0.374 e. The highest BCUT2D eigenvalue weighted by molar-refractivity contribution is 5.89. The Bertz CT molecular complexity index is 820. The molecule has 0 saturated carbocycles. The molecule has 0 radical (unpaired) electrons. The Labute approximate surface area is 163 Å². The first-order valence-corrected chi connectivity index (χ1v) is 8.98. The van der Waals surface area contributed by atoms with Crippen LogP contribution in [0.4, 0.5) is 0 Å². The Morgan fingerprint density at radius 1 is 1.11 bits per heavy atom. The molecule has 0 spiro atoms. The standard InChI is InChI=1S/C21H24O7/c1-4-11-26-17-8-6-15(13-18(17)25-5-2)7-9-19(22)28-14-16-10-12-27-20(16)21(23)24-3/h6-10,12-13H,4-5,11,14H2,1-3H3/b9-7+. The molecule has 0 saturated heterocycles. The quantitative estimate of drug-likeness (QED) is 0.449. The summed E-state index contributed by atoms with van der Waals surface area (Å²) in [6, 6.07) is 6.97. The number of esters is 2. The largest absolute Gasteiger partial charge is 0.490 e. The lowest BCUT2D eigenvalue weighted by Gasteiger charge is -2.12. The number of methoxy groups -OCH3 is 1. The van der Waals surface area contributed by atoms with Crippen LogP contribution < -0.4 is 9.47 Å². The third-order valence-corrected chi connectivity index (χ3v) is 3.63. The van der Waals surface area contributed by atoms with Gasteiger partial charge in [0, 0.05) is 11.6 Å². The predicted molar refractivity (Wildman–Crippen MR) is 102 cm³/mol. The van der Waals surface area contributed by atoms with Gasteiger partial charge in [0.1, 0.15) is 6.61 Å². The molecule has 1 aromatic carbocycles. The van der Waals surface area contributed by atoms with Crippen molar-refractivity contribution >= 4 is 18.0 Å². The van der Waals surface area contributed by atoms with Crippen LogP contribution in [0.2, 0.25) is 0 Å². The van der Waals surface area contributed by atoms with Gasteiger partial charge in [0.05, 0.1) is 26.6 Å². The van der Waals surface area contributed by atoms with Crippen molar-refractivity contribution in [2.45, 2.75) is 26.9 Å². The molecule has 2 aromatic rings. The fraction of sp³-hybridized carbons (Fsp3) is 0.333. The van der Waals surface area contributed by atoms with Crippen molar-refractivity contribution in [2.75, 3.05) is 20.3 Å². The van der Waals surface area contributed by atoms with E-state index in [1.165, 1.54) is 19.4 Å². The van der Waals surface area contributed by atoms with Crippen LogP contribution >= 0.6 is 0 Å². The van der Waals surface area contributed by atoms with E-state index in [0.717, 1.165) is 12.0 Å². The highest BCUT2D eigenvalue weighted by Gasteiger charge is 2.16. The minimum Gasteiger partial charge on any atom is -0.490 e. The summed E-state index contributed by atoms with van der Waals surface area (Å²) >= 11 is 0. The molecule has 0 aliphatic carbocycles. The summed E-state index contributed by atoms with van der Waals surface area (Å²) in [6.07, 6.45) is 5.15. The number of carbonyl (C=O) groups is 2. The first-order chi connectivity index (χ1) is 13.6. The van der Waals surface area contributed by atoms with Gasteiger partial charge in [-0.2, -0.15) is 0 Å². The molecule has 0 atom stereocenters. The zero-order valence-corrected chi connectivity index (χ0v) is 16.2. The van der Waals surface area contributed by atoms with Crippen LogP contribution in [0.1, 0.15) is 41.9 Å². The van der Waals surface area contributed by atoms with Crippen molar-refractivity contribution in [1.82, 2.24) is 0 Å². The molecular weight excluding hydrogens is 364 g/mol. The van der Waals surface area contributed by atoms with Crippen molar-refractivity contribution in [3.63, 3.8) is 0 Å². The van der Waals surface area contributed by atoms with Gasteiger partial charge in [-0.25, -0.2) is 9.59 Å². The van der Waals surface area contributed by atoms with Gasteiger partial charge in [-0.1, -0.05) is 13.0 Å². The number of benzene rings is 1. The Morgan fingerprint density at radius 3 is 2.64 bits per heavy atom. The summed E-state index contributed by atoms with van der Waals surface area (Å²) in [5, 5.41) is 0. The van der Waals surface area contributed by atoms with Crippen molar-refractivity contribution in [3.8, 4) is 11.5 Å². The van der Waals surface area contributed by atoms with E-state index in [1.807, 2.05) is 19.9 Å². The van der Waals surface area contributed by atoms with Crippen LogP contribution in [-0.4, -0.2) is 32.3 Å². The van der Waals surface area contributed by atoms with E-state index in [0.29, 0.717) is 30.3 Å². The third kappa shape index (κ3) is 5.90. The second-order valence-electron chi connectivity index (χ2n) is 5.70. The number of rotatable bonds is 10. The van der Waals surface area contributed by atoms with Crippen LogP contribution in [-0.2, 0) is 20.9 Å². The summed E-state index contributed by atoms with van der Waals surface area (Å²) in [5.41, 5.74) is 1.20. The van der Waals surface area contributed by atoms with Gasteiger partial charge in [0.15, 0.2) is 11.5 Å². The normalized spacial score (nSPS) is 10.7. The van der Waals surface area contributed by atoms with Crippen LogP contribution in [0, 0.1) is 0 Å². The first-order valence-electron chi connectivity index (χ1n) is 8.98. The molecule has 1 heterocycles. The average molecular weight is 388 g/mol. The van der Waals surface area contributed by atoms with E-state index in [4.69, 9.17) is 18.6 Å². The first kappa shape index (κ1) is 21.1. The van der Waals surface area contributed by atoms with Crippen LogP contribution in [0.15, 0.2) is 41.0 Å². The molecule has 1 aromatic heterocycles. The second kappa shape index (κ2) is 10.8. The van der Waals surface area contributed by atoms with Gasteiger partial charge in [-0.15, -0.1) is 0 Å². The number of hydrogen-bond acceptors (Lipinski definition) is 7. The van der Waals surface area contributed by atoms with E-state index in [-0.39, 0.29) is 12.4 Å². The molecule has 0 N–H and O–H groups in total. The molecule has 0 amide bonds. The van der Waals surface area contributed by atoms with Crippen molar-refractivity contribution in [3.05, 3.63) is 53.5 Å². The molecule has 0 unspecified atom stereocenters. The minimum atomic E-state index is -0.625. The lowest BCUT2D eigenvalue weighted by Crippen LogP contribution is -2.06. The third-order valence-electron chi connectivity index (χ3n) is 3.63. The SMILES string of the molecule is CCCOc1ccc(/C=C/C(=O)OCc2ccoc2C(=O)OC)cc1OCC. The predicted octanol–water partition coefficient (Wildman–Crippen LogP) is 4.01. The topological polar surface area (TPSA) is 84.2 Å². The number of carbonyl (C=O) groups excluding carboxylic acids is 2. The molecule has 28 heavy (non-hydrogen) atoms. The van der Waals surface area contributed by atoms with Gasteiger partial charge in [-0.3, -0.25) is 0 Å². The number of hydrogen-bond donors (Lipinski definition) is 0. The highest BCUT2D eigenvalue weighted by Crippen LogP contribution is 2.29. The maximum absolute atomic E-state index is 12.0. The van der Waals surface area contributed by atoms with E-state index in [1.54, 1.807) is 24.3 Å². The fourth-order valence-corrected chi connectivity index (χ4v) is 2.31. The van der Waals surface area contributed by atoms with E-state index < -0.39 is 11.9 Å². The lowest BCUT2D eigenvalue weighted by atomic mass is 10.2. The van der Waals surface area contributed by atoms with Gasteiger partial charge >= 0.3 is 11.9 Å². The Hall–Kier alpha value is -3.22. The van der Waals surface area contributed by atoms with Crippen LogP contribution in [0.25, 0.3) is 6.08 Å². The van der Waals surface area contributed by atoms with E-state index in [2.05, 4.69) is 4.74 Å². The van der Waals surface area contributed by atoms with Crippen molar-refractivity contribution in [2.24, 2.45) is 0 Å².